The smallest absolute Gasteiger partial charge is 0.128 e. The number of hydrogen-bond donors (Lipinski definition) is 1. The summed E-state index contributed by atoms with van der Waals surface area (Å²) in [4.78, 5) is 0. The number of halogens is 1. The van der Waals surface area contributed by atoms with Crippen molar-refractivity contribution in [2.45, 2.75) is 38.8 Å². The average Bonchev–Trinajstić information content (AvgIpc) is 2.18. The summed E-state index contributed by atoms with van der Waals surface area (Å²) in [5, 5.41) is 3.44. The minimum Gasteiger partial charge on any atom is -0.299 e. The third-order valence-corrected chi connectivity index (χ3v) is 2.94. The zero-order valence-electron chi connectivity index (χ0n) is 9.11. The van der Waals surface area contributed by atoms with Crippen molar-refractivity contribution in [1.29, 1.82) is 0 Å². The van der Waals surface area contributed by atoms with Gasteiger partial charge in [0.2, 0.25) is 0 Å². The van der Waals surface area contributed by atoms with Crippen LogP contribution >= 0.6 is 0 Å². The molecule has 0 bridgehead atoms. The van der Waals surface area contributed by atoms with Crippen LogP contribution in [0, 0.1) is 5.82 Å². The Kier molecular flexibility index (Phi) is 1.77. The van der Waals surface area contributed by atoms with Gasteiger partial charge in [-0.1, -0.05) is 12.1 Å². The van der Waals surface area contributed by atoms with Crippen LogP contribution in [0.15, 0.2) is 18.2 Å². The Morgan fingerprint density at radius 1 is 1.07 bits per heavy atom. The zero-order valence-corrected chi connectivity index (χ0v) is 9.11. The topological polar surface area (TPSA) is 12.0 Å². The van der Waals surface area contributed by atoms with Crippen LogP contribution in [0.2, 0.25) is 0 Å². The number of nitrogens with one attached hydrogen (secondary N) is 1. The van der Waals surface area contributed by atoms with Crippen molar-refractivity contribution in [1.82, 2.24) is 5.32 Å². The maximum atomic E-state index is 13.7. The molecule has 14 heavy (non-hydrogen) atoms. The van der Waals surface area contributed by atoms with Crippen molar-refractivity contribution in [3.8, 4) is 0 Å². The highest BCUT2D eigenvalue weighted by atomic mass is 19.1. The van der Waals surface area contributed by atoms with E-state index >= 15 is 0 Å². The molecule has 1 aliphatic heterocycles. The Hall–Kier alpha value is -0.890. The fourth-order valence-electron chi connectivity index (χ4n) is 2.59. The van der Waals surface area contributed by atoms with E-state index in [1.165, 1.54) is 6.07 Å². The molecule has 1 aliphatic rings. The van der Waals surface area contributed by atoms with E-state index in [0.29, 0.717) is 0 Å². The van der Waals surface area contributed by atoms with Crippen molar-refractivity contribution in [2.24, 2.45) is 0 Å². The summed E-state index contributed by atoms with van der Waals surface area (Å²) < 4.78 is 13.7. The molecule has 1 heterocycles. The van der Waals surface area contributed by atoms with E-state index < -0.39 is 0 Å². The molecule has 0 aromatic heterocycles. The van der Waals surface area contributed by atoms with Crippen molar-refractivity contribution in [3.63, 3.8) is 0 Å². The second kappa shape index (κ2) is 2.57. The molecule has 0 saturated carbocycles. The molecule has 0 atom stereocenters. The van der Waals surface area contributed by atoms with Crippen LogP contribution in [0.3, 0.4) is 0 Å². The standard InChI is InChI=1S/C12H16FN/c1-11(2)8-6-5-7-9(13)10(8)12(3,4)14-11/h5-7,14H,1-4H3. The van der Waals surface area contributed by atoms with Gasteiger partial charge in [-0.15, -0.1) is 0 Å². The predicted octanol–water partition coefficient (Wildman–Crippen LogP) is 2.90. The number of benzene rings is 1. The molecular weight excluding hydrogens is 177 g/mol. The first-order chi connectivity index (χ1) is 6.34. The van der Waals surface area contributed by atoms with Crippen molar-refractivity contribution in [3.05, 3.63) is 35.1 Å². The normalized spacial score (nSPS) is 22.1. The Morgan fingerprint density at radius 3 is 2.29 bits per heavy atom. The zero-order chi connectivity index (χ0) is 10.6. The second-order valence-corrected chi connectivity index (χ2v) is 5.04. The first-order valence-corrected chi connectivity index (χ1v) is 4.93. The summed E-state index contributed by atoms with van der Waals surface area (Å²) in [5.74, 6) is -0.106. The highest BCUT2D eigenvalue weighted by Crippen LogP contribution is 2.41. The van der Waals surface area contributed by atoms with Gasteiger partial charge in [0.15, 0.2) is 0 Å². The van der Waals surface area contributed by atoms with Gasteiger partial charge in [0, 0.05) is 16.6 Å². The highest BCUT2D eigenvalue weighted by Gasteiger charge is 2.42. The lowest BCUT2D eigenvalue weighted by Gasteiger charge is -2.25. The monoisotopic (exact) mass is 193 g/mol. The van der Waals surface area contributed by atoms with Gasteiger partial charge in [-0.05, 0) is 39.3 Å². The molecule has 0 unspecified atom stereocenters. The Bertz CT molecular complexity index is 380. The first kappa shape index (κ1) is 9.66. The van der Waals surface area contributed by atoms with Crippen molar-refractivity contribution >= 4 is 0 Å². The van der Waals surface area contributed by atoms with Gasteiger partial charge in [0.1, 0.15) is 5.82 Å². The average molecular weight is 193 g/mol. The van der Waals surface area contributed by atoms with Gasteiger partial charge in [-0.2, -0.15) is 0 Å². The van der Waals surface area contributed by atoms with Crippen molar-refractivity contribution < 1.29 is 4.39 Å². The van der Waals surface area contributed by atoms with Gasteiger partial charge >= 0.3 is 0 Å². The Morgan fingerprint density at radius 2 is 1.71 bits per heavy atom. The van der Waals surface area contributed by atoms with E-state index in [2.05, 4.69) is 19.2 Å². The summed E-state index contributed by atoms with van der Waals surface area (Å²) in [6.07, 6.45) is 0. The van der Waals surface area contributed by atoms with Gasteiger partial charge in [0.25, 0.3) is 0 Å². The van der Waals surface area contributed by atoms with Crippen LogP contribution in [-0.4, -0.2) is 0 Å². The Labute approximate surface area is 84.3 Å². The molecule has 1 aromatic rings. The quantitative estimate of drug-likeness (QED) is 0.668. The maximum Gasteiger partial charge on any atom is 0.128 e. The molecule has 1 N–H and O–H groups in total. The van der Waals surface area contributed by atoms with Crippen LogP contribution in [0.5, 0.6) is 0 Å². The number of fused-ring (bicyclic) bond motifs is 1. The third kappa shape index (κ3) is 1.17. The third-order valence-electron chi connectivity index (χ3n) is 2.94. The van der Waals surface area contributed by atoms with E-state index in [4.69, 9.17) is 0 Å². The van der Waals surface area contributed by atoms with Crippen molar-refractivity contribution in [2.75, 3.05) is 0 Å². The number of hydrogen-bond acceptors (Lipinski definition) is 1. The van der Waals surface area contributed by atoms with Crippen LogP contribution < -0.4 is 5.32 Å². The van der Waals surface area contributed by atoms with Crippen LogP contribution in [0.4, 0.5) is 4.39 Å². The van der Waals surface area contributed by atoms with Gasteiger partial charge in [-0.3, -0.25) is 5.32 Å². The summed E-state index contributed by atoms with van der Waals surface area (Å²) in [6.45, 7) is 8.20. The summed E-state index contributed by atoms with van der Waals surface area (Å²) in [5.41, 5.74) is 1.47. The predicted molar refractivity (Wildman–Crippen MR) is 55.6 cm³/mol. The largest absolute Gasteiger partial charge is 0.299 e. The molecule has 0 aliphatic carbocycles. The first-order valence-electron chi connectivity index (χ1n) is 4.93. The van der Waals surface area contributed by atoms with Gasteiger partial charge < -0.3 is 0 Å². The molecule has 0 radical (unpaired) electrons. The van der Waals surface area contributed by atoms with Crippen LogP contribution in [0.1, 0.15) is 38.8 Å². The van der Waals surface area contributed by atoms with E-state index in [1.807, 2.05) is 19.9 Å². The molecule has 76 valence electrons. The molecule has 0 amide bonds. The second-order valence-electron chi connectivity index (χ2n) is 5.04. The van der Waals surface area contributed by atoms with Gasteiger partial charge in [0.05, 0.1) is 0 Å². The molecule has 2 rings (SSSR count). The summed E-state index contributed by atoms with van der Waals surface area (Å²) in [7, 11) is 0. The molecule has 2 heteroatoms. The molecule has 1 nitrogen and oxygen atoms in total. The molecule has 0 spiro atoms. The lowest BCUT2D eigenvalue weighted by molar-refractivity contribution is 0.315. The maximum absolute atomic E-state index is 13.7. The highest BCUT2D eigenvalue weighted by molar-refractivity contribution is 5.43. The lowest BCUT2D eigenvalue weighted by atomic mass is 9.90. The molecule has 0 fully saturated rings. The fraction of sp³-hybridized carbons (Fsp3) is 0.500. The number of rotatable bonds is 0. The van der Waals surface area contributed by atoms with Gasteiger partial charge in [-0.25, -0.2) is 4.39 Å². The van der Waals surface area contributed by atoms with Crippen LogP contribution in [0.25, 0.3) is 0 Å². The van der Waals surface area contributed by atoms with E-state index in [0.717, 1.165) is 11.1 Å². The minimum absolute atomic E-state index is 0.106. The van der Waals surface area contributed by atoms with Crippen LogP contribution in [-0.2, 0) is 11.1 Å². The minimum atomic E-state index is -0.274. The lowest BCUT2D eigenvalue weighted by Crippen LogP contribution is -2.40. The fourth-order valence-corrected chi connectivity index (χ4v) is 2.59. The molecule has 1 aromatic carbocycles. The summed E-state index contributed by atoms with van der Waals surface area (Å²) >= 11 is 0. The SMILES string of the molecule is CC1(C)NC(C)(C)c2c(F)cccc21. The van der Waals surface area contributed by atoms with E-state index in [-0.39, 0.29) is 16.9 Å². The molecule has 0 saturated heterocycles. The summed E-state index contributed by atoms with van der Waals surface area (Å²) in [6, 6.07) is 5.31. The van der Waals surface area contributed by atoms with E-state index in [9.17, 15) is 4.39 Å². The molecular formula is C12H16FN. The van der Waals surface area contributed by atoms with E-state index in [1.54, 1.807) is 6.07 Å². The Balaban J connectivity index is 2.72.